The fourth-order valence-electron chi connectivity index (χ4n) is 7.94. The second kappa shape index (κ2) is 14.0. The van der Waals surface area contributed by atoms with E-state index in [4.69, 9.17) is 9.47 Å². The van der Waals surface area contributed by atoms with Crippen molar-refractivity contribution in [1.29, 1.82) is 0 Å². The summed E-state index contributed by atoms with van der Waals surface area (Å²) in [6.07, 6.45) is -0.787. The third kappa shape index (κ3) is 6.63. The maximum Gasteiger partial charge on any atom is 0.264 e. The highest BCUT2D eigenvalue weighted by molar-refractivity contribution is 6.71. The zero-order chi connectivity index (χ0) is 34.9. The number of hydrogen-bond donors (Lipinski definition) is 3. The van der Waals surface area contributed by atoms with Crippen LogP contribution in [-0.2, 0) is 37.8 Å². The minimum Gasteiger partial charge on any atom is -0.497 e. The van der Waals surface area contributed by atoms with E-state index in [-0.39, 0.29) is 50.4 Å². The second-order valence-electron chi connectivity index (χ2n) is 13.8. The van der Waals surface area contributed by atoms with Crippen LogP contribution in [0.1, 0.15) is 30.0 Å². The molecule has 1 spiro atoms. The van der Waals surface area contributed by atoms with Gasteiger partial charge in [-0.15, -0.1) is 0 Å². The molecule has 0 saturated carbocycles. The van der Waals surface area contributed by atoms with Crippen LogP contribution in [0.3, 0.4) is 0 Å². The summed E-state index contributed by atoms with van der Waals surface area (Å²) >= 11 is 0. The maximum atomic E-state index is 14.9. The molecule has 3 aliphatic rings. The number of carbonyl (C=O) groups is 3. The maximum absolute atomic E-state index is 14.9. The van der Waals surface area contributed by atoms with E-state index in [9.17, 15) is 24.3 Å². The molecule has 4 atom stereocenters. The number of aliphatic hydroxyl groups is 1. The Morgan fingerprint density at radius 3 is 2.53 bits per heavy atom. The molecule has 3 aromatic carbocycles. The van der Waals surface area contributed by atoms with E-state index in [1.807, 2.05) is 92.8 Å². The molecule has 2 saturated heterocycles. The monoisotopic (exact) mass is 686 g/mol. The lowest BCUT2D eigenvalue weighted by atomic mass is 9.82. The molecule has 2 fully saturated rings. The fourth-order valence-corrected chi connectivity index (χ4v) is 10.5. The summed E-state index contributed by atoms with van der Waals surface area (Å²) in [5, 5.41) is 12.9. The van der Waals surface area contributed by atoms with E-state index in [1.165, 1.54) is 0 Å². The number of ether oxygens (including phenoxy) is 2. The van der Waals surface area contributed by atoms with Gasteiger partial charge in [-0.2, -0.15) is 0 Å². The lowest BCUT2D eigenvalue weighted by Gasteiger charge is -2.32. The summed E-state index contributed by atoms with van der Waals surface area (Å²) in [7, 11) is -1.46. The van der Waals surface area contributed by atoms with Gasteiger partial charge < -0.3 is 39.4 Å². The lowest BCUT2D eigenvalue weighted by Crippen LogP contribution is -2.48. The smallest absolute Gasteiger partial charge is 0.264 e. The van der Waals surface area contributed by atoms with Crippen LogP contribution in [0.15, 0.2) is 72.8 Å². The van der Waals surface area contributed by atoms with Gasteiger partial charge in [-0.1, -0.05) is 49.4 Å². The van der Waals surface area contributed by atoms with Crippen LogP contribution >= 0.6 is 0 Å². The first-order valence-electron chi connectivity index (χ1n) is 16.9. The predicted octanol–water partition coefficient (Wildman–Crippen LogP) is 3.39. The summed E-state index contributed by atoms with van der Waals surface area (Å²) in [6.45, 7) is 7.65. The minimum absolute atomic E-state index is 0.00559. The third-order valence-electron chi connectivity index (χ3n) is 10.2. The molecule has 6 rings (SSSR count). The zero-order valence-corrected chi connectivity index (χ0v) is 29.6. The van der Waals surface area contributed by atoms with Gasteiger partial charge in [-0.3, -0.25) is 14.4 Å². The Hall–Kier alpha value is -4.07. The van der Waals surface area contributed by atoms with E-state index in [0.717, 1.165) is 16.8 Å². The number of rotatable bonds is 11. The number of nitrogens with one attached hydrogen (secondary N) is 1. The number of hydrogen-bond acceptors (Lipinski definition) is 8. The van der Waals surface area contributed by atoms with Crippen LogP contribution < -0.4 is 19.9 Å². The van der Waals surface area contributed by atoms with E-state index in [1.54, 1.807) is 21.8 Å². The molecule has 3 amide bonds. The highest BCUT2D eigenvalue weighted by Gasteiger charge is 2.66. The molecule has 3 aliphatic heterocycles. The Bertz CT molecular complexity index is 1700. The van der Waals surface area contributed by atoms with E-state index in [2.05, 4.69) is 5.32 Å². The fraction of sp³-hybridized carbons (Fsp3) is 0.432. The molecule has 3 N–H and O–H groups in total. The predicted molar refractivity (Wildman–Crippen MR) is 189 cm³/mol. The molecular weight excluding hydrogens is 641 g/mol. The van der Waals surface area contributed by atoms with Crippen LogP contribution in [0, 0.1) is 5.92 Å². The average Bonchev–Trinajstić information content (AvgIpc) is 3.51. The molecule has 0 aliphatic carbocycles. The Labute approximate surface area is 288 Å². The first-order chi connectivity index (χ1) is 23.5. The summed E-state index contributed by atoms with van der Waals surface area (Å²) in [5.41, 5.74) is 1.97. The third-order valence-corrected chi connectivity index (χ3v) is 12.7. The van der Waals surface area contributed by atoms with Crippen LogP contribution in [0.2, 0.25) is 18.6 Å². The number of methoxy groups -OCH3 is 1. The van der Waals surface area contributed by atoms with Crippen LogP contribution in [0.4, 0.5) is 11.4 Å². The van der Waals surface area contributed by atoms with E-state index in [0.29, 0.717) is 36.6 Å². The SMILES string of the molecule is COc1ccc2c(c1)[C@@]1(O[C@H](CC(=O)N(CCO)Cc3ccccc3)[C@@H]([Si](C)(C)O)[C@@H]1C)C(=O)N2Cc1cccc(N2CCNCC2=O)c1. The molecular formula is C37H46N4O7Si. The average molecular weight is 687 g/mol. The standard InChI is InChI=1S/C37H46N4O7Si/c1-25-35(49(3,4)46)32(21-33(43)39(17-18-42)23-26-9-6-5-7-10-26)48-37(25)30-20-29(47-2)13-14-31(30)41(36(37)45)24-27-11-8-12-28(19-27)40-16-15-38-22-34(40)44/h5-14,19-20,25,32,35,38,42,46H,15-18,21-24H2,1-4H3/t25-,32+,35-,37+/m0/s1. The highest BCUT2D eigenvalue weighted by Crippen LogP contribution is 2.60. The quantitative estimate of drug-likeness (QED) is 0.262. The Balaban J connectivity index is 1.34. The number of amides is 3. The number of benzene rings is 3. The molecule has 3 aromatic rings. The number of nitrogens with zero attached hydrogens (tertiary/aromatic N) is 3. The van der Waals surface area contributed by atoms with Gasteiger partial charge in [0.1, 0.15) is 5.75 Å². The molecule has 3 heterocycles. The van der Waals surface area contributed by atoms with Crippen molar-refractivity contribution in [2.45, 2.75) is 56.8 Å². The van der Waals surface area contributed by atoms with Crippen LogP contribution in [0.25, 0.3) is 0 Å². The van der Waals surface area contributed by atoms with Crippen LogP contribution in [-0.4, -0.2) is 86.8 Å². The molecule has 0 bridgehead atoms. The van der Waals surface area contributed by atoms with Crippen molar-refractivity contribution < 1.29 is 33.8 Å². The van der Waals surface area contributed by atoms with Gasteiger partial charge in [-0.05, 0) is 54.6 Å². The minimum atomic E-state index is -3.03. The Morgan fingerprint density at radius 2 is 1.84 bits per heavy atom. The largest absolute Gasteiger partial charge is 0.497 e. The van der Waals surface area contributed by atoms with Gasteiger partial charge in [0, 0.05) is 48.9 Å². The van der Waals surface area contributed by atoms with Gasteiger partial charge in [0.2, 0.25) is 11.8 Å². The molecule has 11 nitrogen and oxygen atoms in total. The van der Waals surface area contributed by atoms with Crippen molar-refractivity contribution in [3.63, 3.8) is 0 Å². The summed E-state index contributed by atoms with van der Waals surface area (Å²) in [4.78, 5) is 58.3. The van der Waals surface area contributed by atoms with Gasteiger partial charge >= 0.3 is 0 Å². The van der Waals surface area contributed by atoms with Crippen molar-refractivity contribution >= 4 is 37.4 Å². The van der Waals surface area contributed by atoms with Gasteiger partial charge in [0.15, 0.2) is 13.9 Å². The lowest BCUT2D eigenvalue weighted by molar-refractivity contribution is -0.150. The second-order valence-corrected chi connectivity index (χ2v) is 17.7. The van der Waals surface area contributed by atoms with Gasteiger partial charge in [-0.25, -0.2) is 0 Å². The normalized spacial score (nSPS) is 23.7. The first-order valence-corrected chi connectivity index (χ1v) is 19.9. The molecule has 12 heteroatoms. The van der Waals surface area contributed by atoms with Crippen molar-refractivity contribution in [3.05, 3.63) is 89.5 Å². The van der Waals surface area contributed by atoms with Crippen molar-refractivity contribution in [1.82, 2.24) is 10.2 Å². The van der Waals surface area contributed by atoms with E-state index < -0.39 is 31.5 Å². The van der Waals surface area contributed by atoms with Crippen molar-refractivity contribution in [3.8, 4) is 5.75 Å². The number of aliphatic hydroxyl groups excluding tert-OH is 1. The van der Waals surface area contributed by atoms with Crippen molar-refractivity contribution in [2.24, 2.45) is 5.92 Å². The van der Waals surface area contributed by atoms with Crippen molar-refractivity contribution in [2.75, 3.05) is 49.7 Å². The molecule has 0 aromatic heterocycles. The highest BCUT2D eigenvalue weighted by atomic mass is 28.4. The van der Waals surface area contributed by atoms with Gasteiger partial charge in [0.25, 0.3) is 5.91 Å². The summed E-state index contributed by atoms with van der Waals surface area (Å²) < 4.78 is 12.5. The molecule has 49 heavy (non-hydrogen) atoms. The number of anilines is 2. The topological polar surface area (TPSA) is 132 Å². The zero-order valence-electron chi connectivity index (χ0n) is 28.6. The number of piperazine rings is 1. The molecule has 0 unspecified atom stereocenters. The molecule has 260 valence electrons. The first kappa shape index (κ1) is 34.8. The Morgan fingerprint density at radius 1 is 1.08 bits per heavy atom. The van der Waals surface area contributed by atoms with Gasteiger partial charge in [0.05, 0.1) is 45.0 Å². The number of carbonyl (C=O) groups excluding carboxylic acids is 3. The molecule has 0 radical (unpaired) electrons. The van der Waals surface area contributed by atoms with E-state index >= 15 is 0 Å². The summed E-state index contributed by atoms with van der Waals surface area (Å²) in [6, 6.07) is 22.8. The Kier molecular flexibility index (Phi) is 9.97. The summed E-state index contributed by atoms with van der Waals surface area (Å²) in [5.74, 6) is -0.389. The number of fused-ring (bicyclic) bond motifs is 2. The van der Waals surface area contributed by atoms with Crippen LogP contribution in [0.5, 0.6) is 5.75 Å².